The summed E-state index contributed by atoms with van der Waals surface area (Å²) in [5.74, 6) is 0. The molecule has 0 unspecified atom stereocenters. The lowest BCUT2D eigenvalue weighted by molar-refractivity contribution is 0.463. The quantitative estimate of drug-likeness (QED) is 0.510. The van der Waals surface area contributed by atoms with E-state index in [0.717, 1.165) is 18.4 Å². The summed E-state index contributed by atoms with van der Waals surface area (Å²) in [6.45, 7) is 2.21. The number of benzene rings is 1. The Morgan fingerprint density at radius 2 is 1.42 bits per heavy atom. The Kier molecular flexibility index (Phi) is 7.10. The van der Waals surface area contributed by atoms with Crippen LogP contribution in [-0.2, 0) is 16.5 Å². The third-order valence-electron chi connectivity index (χ3n) is 3.28. The van der Waals surface area contributed by atoms with Gasteiger partial charge < -0.3 is 4.55 Å². The fourth-order valence-electron chi connectivity index (χ4n) is 2.11. The molecule has 0 aromatic heterocycles. The molecule has 19 heavy (non-hydrogen) atoms. The van der Waals surface area contributed by atoms with Crippen molar-refractivity contribution in [2.75, 3.05) is 0 Å². The average molecular weight is 283 g/mol. The van der Waals surface area contributed by atoms with Crippen LogP contribution >= 0.6 is 0 Å². The van der Waals surface area contributed by atoms with E-state index in [1.165, 1.54) is 50.7 Å². The highest BCUT2D eigenvalue weighted by Gasteiger charge is 2.00. The molecule has 0 spiro atoms. The van der Waals surface area contributed by atoms with E-state index in [1.54, 1.807) is 12.1 Å². The second kappa shape index (κ2) is 8.33. The molecule has 0 saturated carbocycles. The number of hydrogen-bond acceptors (Lipinski definition) is 3. The first kappa shape index (κ1) is 16.2. The summed E-state index contributed by atoms with van der Waals surface area (Å²) >= 11 is 0. The van der Waals surface area contributed by atoms with Gasteiger partial charge in [0.1, 0.15) is 10.1 Å². The van der Waals surface area contributed by atoms with E-state index >= 15 is 0 Å². The van der Waals surface area contributed by atoms with Crippen molar-refractivity contribution in [3.05, 3.63) is 29.8 Å². The van der Waals surface area contributed by atoms with Gasteiger partial charge in [0.2, 0.25) is 0 Å². The molecule has 1 rings (SSSR count). The van der Waals surface area contributed by atoms with Gasteiger partial charge in [0.15, 0.2) is 0 Å². The zero-order valence-corrected chi connectivity index (χ0v) is 12.4. The summed E-state index contributed by atoms with van der Waals surface area (Å²) in [7, 11) is -4.31. The number of rotatable bonds is 9. The Morgan fingerprint density at radius 3 is 1.95 bits per heavy atom. The van der Waals surface area contributed by atoms with Gasteiger partial charge in [-0.15, -0.1) is 0 Å². The SMILES string of the molecule is CCCCCCCCCc1ccc(S(=O)(=O)[O-])cc1. The smallest absolute Gasteiger partial charge is 0.124 e. The van der Waals surface area contributed by atoms with Crippen LogP contribution in [0, 0.1) is 0 Å². The molecule has 1 aromatic carbocycles. The highest BCUT2D eigenvalue weighted by molar-refractivity contribution is 7.85. The third-order valence-corrected chi connectivity index (χ3v) is 4.13. The molecular weight excluding hydrogens is 260 g/mol. The summed E-state index contributed by atoms with van der Waals surface area (Å²) in [5, 5.41) is 0. The largest absolute Gasteiger partial charge is 0.744 e. The maximum Gasteiger partial charge on any atom is 0.124 e. The summed E-state index contributed by atoms with van der Waals surface area (Å²) in [6.07, 6.45) is 9.79. The van der Waals surface area contributed by atoms with Gasteiger partial charge in [-0.2, -0.15) is 0 Å². The van der Waals surface area contributed by atoms with Crippen molar-refractivity contribution in [1.29, 1.82) is 0 Å². The molecule has 0 aliphatic rings. The van der Waals surface area contributed by atoms with Crippen molar-refractivity contribution in [3.8, 4) is 0 Å². The molecule has 0 aliphatic heterocycles. The van der Waals surface area contributed by atoms with Crippen LogP contribution in [0.15, 0.2) is 29.2 Å². The van der Waals surface area contributed by atoms with Crippen molar-refractivity contribution in [1.82, 2.24) is 0 Å². The Bertz CT molecular complexity index is 449. The second-order valence-electron chi connectivity index (χ2n) is 4.97. The van der Waals surface area contributed by atoms with Crippen molar-refractivity contribution in [3.63, 3.8) is 0 Å². The van der Waals surface area contributed by atoms with Gasteiger partial charge in [0.25, 0.3) is 0 Å². The molecule has 0 aliphatic carbocycles. The fraction of sp³-hybridized carbons (Fsp3) is 0.600. The maximum absolute atomic E-state index is 10.8. The van der Waals surface area contributed by atoms with E-state index in [4.69, 9.17) is 0 Å². The van der Waals surface area contributed by atoms with Crippen molar-refractivity contribution >= 4 is 10.1 Å². The first-order valence-corrected chi connectivity index (χ1v) is 8.49. The second-order valence-corrected chi connectivity index (χ2v) is 6.35. The standard InChI is InChI=1S/C15H24O3S/c1-2-3-4-5-6-7-8-9-14-10-12-15(13-11-14)19(16,17)18/h10-13H,2-9H2,1H3,(H,16,17,18)/p-1. The Morgan fingerprint density at radius 1 is 0.895 bits per heavy atom. The molecule has 0 fully saturated rings. The molecule has 0 heterocycles. The van der Waals surface area contributed by atoms with Crippen molar-refractivity contribution in [2.45, 2.75) is 63.2 Å². The van der Waals surface area contributed by atoms with Crippen LogP contribution in [0.1, 0.15) is 57.4 Å². The molecule has 1 aromatic rings. The Balaban J connectivity index is 2.23. The predicted molar refractivity (Wildman–Crippen MR) is 76.1 cm³/mol. The molecule has 108 valence electrons. The fourth-order valence-corrected chi connectivity index (χ4v) is 2.58. The van der Waals surface area contributed by atoms with Gasteiger partial charge in [0.05, 0.1) is 4.90 Å². The molecule has 4 heteroatoms. The molecule has 0 radical (unpaired) electrons. The lowest BCUT2D eigenvalue weighted by Gasteiger charge is -2.07. The van der Waals surface area contributed by atoms with E-state index in [-0.39, 0.29) is 4.90 Å². The molecular formula is C15H23O3S-. The number of aryl methyl sites for hydroxylation is 1. The van der Waals surface area contributed by atoms with E-state index in [1.807, 2.05) is 0 Å². The normalized spacial score (nSPS) is 11.7. The number of unbranched alkanes of at least 4 members (excludes halogenated alkanes) is 6. The van der Waals surface area contributed by atoms with E-state index in [9.17, 15) is 13.0 Å². The van der Waals surface area contributed by atoms with E-state index < -0.39 is 10.1 Å². The summed E-state index contributed by atoms with van der Waals surface area (Å²) < 4.78 is 32.3. The van der Waals surface area contributed by atoms with Gasteiger partial charge in [-0.05, 0) is 30.5 Å². The zero-order valence-electron chi connectivity index (χ0n) is 11.6. The highest BCUT2D eigenvalue weighted by atomic mass is 32.2. The minimum Gasteiger partial charge on any atom is -0.744 e. The molecule has 0 amide bonds. The van der Waals surface area contributed by atoms with Gasteiger partial charge in [0, 0.05) is 0 Å². The lowest BCUT2D eigenvalue weighted by atomic mass is 10.0. The predicted octanol–water partition coefficient (Wildman–Crippen LogP) is 3.88. The zero-order chi connectivity index (χ0) is 14.1. The number of hydrogen-bond donors (Lipinski definition) is 0. The molecule has 0 N–H and O–H groups in total. The molecule has 0 bridgehead atoms. The van der Waals surface area contributed by atoms with Crippen molar-refractivity contribution < 1.29 is 13.0 Å². The van der Waals surface area contributed by atoms with Crippen LogP contribution < -0.4 is 0 Å². The van der Waals surface area contributed by atoms with Gasteiger partial charge in [-0.1, -0.05) is 57.6 Å². The average Bonchev–Trinajstić information content (AvgIpc) is 2.37. The lowest BCUT2D eigenvalue weighted by Crippen LogP contribution is -1.98. The third kappa shape index (κ3) is 6.73. The van der Waals surface area contributed by atoms with Crippen LogP contribution in [0.4, 0.5) is 0 Å². The van der Waals surface area contributed by atoms with Gasteiger partial charge in [-0.3, -0.25) is 0 Å². The van der Waals surface area contributed by atoms with Crippen molar-refractivity contribution in [2.24, 2.45) is 0 Å². The minimum absolute atomic E-state index is 0.143. The van der Waals surface area contributed by atoms with E-state index in [0.29, 0.717) is 0 Å². The van der Waals surface area contributed by atoms with Gasteiger partial charge in [-0.25, -0.2) is 8.42 Å². The molecule has 0 atom stereocenters. The summed E-state index contributed by atoms with van der Waals surface area (Å²) in [6, 6.07) is 6.28. The summed E-state index contributed by atoms with van der Waals surface area (Å²) in [5.41, 5.74) is 1.10. The maximum atomic E-state index is 10.8. The highest BCUT2D eigenvalue weighted by Crippen LogP contribution is 2.13. The summed E-state index contributed by atoms with van der Waals surface area (Å²) in [4.78, 5) is -0.143. The van der Waals surface area contributed by atoms with Crippen LogP contribution in [0.3, 0.4) is 0 Å². The van der Waals surface area contributed by atoms with Crippen LogP contribution in [0.25, 0.3) is 0 Å². The topological polar surface area (TPSA) is 57.2 Å². The van der Waals surface area contributed by atoms with Crippen LogP contribution in [0.2, 0.25) is 0 Å². The van der Waals surface area contributed by atoms with E-state index in [2.05, 4.69) is 6.92 Å². The monoisotopic (exact) mass is 283 g/mol. The van der Waals surface area contributed by atoms with Crippen LogP contribution in [0.5, 0.6) is 0 Å². The minimum atomic E-state index is -4.31. The first-order valence-electron chi connectivity index (χ1n) is 7.09. The molecule has 0 saturated heterocycles. The van der Waals surface area contributed by atoms with Gasteiger partial charge >= 0.3 is 0 Å². The molecule has 3 nitrogen and oxygen atoms in total. The first-order chi connectivity index (χ1) is 9.04. The Labute approximate surface area is 116 Å². The van der Waals surface area contributed by atoms with Crippen LogP contribution in [-0.4, -0.2) is 13.0 Å². The Hall–Kier alpha value is -0.870.